The Bertz CT molecular complexity index is 659. The van der Waals surface area contributed by atoms with E-state index in [1.54, 1.807) is 0 Å². The molecule has 1 saturated heterocycles. The maximum atomic E-state index is 11.6. The van der Waals surface area contributed by atoms with E-state index in [9.17, 15) is 4.79 Å². The molecule has 3 heteroatoms. The summed E-state index contributed by atoms with van der Waals surface area (Å²) in [7, 11) is 0. The van der Waals surface area contributed by atoms with Gasteiger partial charge in [-0.2, -0.15) is 0 Å². The molecule has 0 N–H and O–H groups in total. The lowest BCUT2D eigenvalue weighted by Gasteiger charge is -2.25. The highest BCUT2D eigenvalue weighted by molar-refractivity contribution is 9.09. The molecule has 0 saturated carbocycles. The highest BCUT2D eigenvalue weighted by Gasteiger charge is 2.43. The molecule has 2 nitrogen and oxygen atoms in total. The van der Waals surface area contributed by atoms with Crippen LogP contribution in [0.4, 0.5) is 0 Å². The lowest BCUT2D eigenvalue weighted by Crippen LogP contribution is -2.27. The Morgan fingerprint density at radius 1 is 1.21 bits per heavy atom. The van der Waals surface area contributed by atoms with Crippen LogP contribution >= 0.6 is 15.9 Å². The van der Waals surface area contributed by atoms with Crippen molar-refractivity contribution in [3.63, 3.8) is 0 Å². The van der Waals surface area contributed by atoms with Gasteiger partial charge in [-0.3, -0.25) is 0 Å². The standard InChI is InChI=1S/C16H13BrO2/c1-11-9-16(10-17,19-15(11)18)14-7-6-12-4-2-3-5-13(12)8-14/h2-8H,1,9-10H2. The molecule has 1 fully saturated rings. The first-order chi connectivity index (χ1) is 9.14. The van der Waals surface area contributed by atoms with Gasteiger partial charge in [0, 0.05) is 17.3 Å². The number of ether oxygens (including phenoxy) is 1. The molecule has 19 heavy (non-hydrogen) atoms. The first-order valence-corrected chi connectivity index (χ1v) is 7.23. The fourth-order valence-electron chi connectivity index (χ4n) is 2.49. The van der Waals surface area contributed by atoms with Crippen molar-refractivity contribution < 1.29 is 9.53 Å². The third-order valence-corrected chi connectivity index (χ3v) is 4.47. The zero-order valence-corrected chi connectivity index (χ0v) is 11.9. The van der Waals surface area contributed by atoms with Gasteiger partial charge in [0.1, 0.15) is 0 Å². The van der Waals surface area contributed by atoms with Crippen LogP contribution < -0.4 is 0 Å². The van der Waals surface area contributed by atoms with Gasteiger partial charge in [0.05, 0.1) is 0 Å². The van der Waals surface area contributed by atoms with Crippen LogP contribution in [0.15, 0.2) is 54.6 Å². The molecule has 1 atom stereocenters. The smallest absolute Gasteiger partial charge is 0.334 e. The second kappa shape index (κ2) is 4.49. The van der Waals surface area contributed by atoms with Gasteiger partial charge in [0.25, 0.3) is 0 Å². The summed E-state index contributed by atoms with van der Waals surface area (Å²) in [5, 5.41) is 2.90. The third-order valence-electron chi connectivity index (χ3n) is 3.57. The molecular weight excluding hydrogens is 304 g/mol. The molecule has 3 rings (SSSR count). The Hall–Kier alpha value is -1.61. The van der Waals surface area contributed by atoms with Crippen molar-refractivity contribution in [2.75, 3.05) is 5.33 Å². The molecule has 2 aromatic rings. The van der Waals surface area contributed by atoms with E-state index < -0.39 is 5.60 Å². The Morgan fingerprint density at radius 2 is 1.95 bits per heavy atom. The number of esters is 1. The number of fused-ring (bicyclic) bond motifs is 1. The van der Waals surface area contributed by atoms with Crippen LogP contribution in [-0.4, -0.2) is 11.3 Å². The Labute approximate surface area is 120 Å². The number of hydrogen-bond acceptors (Lipinski definition) is 2. The normalized spacial score (nSPS) is 22.8. The lowest BCUT2D eigenvalue weighted by molar-refractivity contribution is -0.145. The molecule has 1 unspecified atom stereocenters. The fraction of sp³-hybridized carbons (Fsp3) is 0.188. The minimum Gasteiger partial charge on any atom is -0.450 e. The van der Waals surface area contributed by atoms with Crippen LogP contribution in [0, 0.1) is 0 Å². The van der Waals surface area contributed by atoms with Gasteiger partial charge in [0.15, 0.2) is 5.60 Å². The molecule has 1 heterocycles. The number of carbonyl (C=O) groups is 1. The number of halogens is 1. The molecule has 0 bridgehead atoms. The van der Waals surface area contributed by atoms with Crippen LogP contribution in [-0.2, 0) is 15.1 Å². The number of rotatable bonds is 2. The predicted molar refractivity (Wildman–Crippen MR) is 79.3 cm³/mol. The summed E-state index contributed by atoms with van der Waals surface area (Å²) in [5.74, 6) is -0.299. The first-order valence-electron chi connectivity index (χ1n) is 6.11. The second-order valence-corrected chi connectivity index (χ2v) is 5.42. The number of hydrogen-bond donors (Lipinski definition) is 0. The number of cyclic esters (lactones) is 1. The Balaban J connectivity index is 2.12. The molecule has 2 aromatic carbocycles. The minimum atomic E-state index is -0.613. The van der Waals surface area contributed by atoms with Crippen LogP contribution in [0.3, 0.4) is 0 Å². The van der Waals surface area contributed by atoms with Gasteiger partial charge in [-0.1, -0.05) is 58.9 Å². The molecule has 1 aliphatic rings. The van der Waals surface area contributed by atoms with E-state index in [2.05, 4.69) is 46.8 Å². The maximum absolute atomic E-state index is 11.6. The van der Waals surface area contributed by atoms with E-state index in [1.807, 2.05) is 18.2 Å². The number of benzene rings is 2. The van der Waals surface area contributed by atoms with E-state index in [0.717, 1.165) is 10.9 Å². The maximum Gasteiger partial charge on any atom is 0.334 e. The average molecular weight is 317 g/mol. The van der Waals surface area contributed by atoms with Crippen molar-refractivity contribution in [2.24, 2.45) is 0 Å². The third kappa shape index (κ3) is 1.98. The quantitative estimate of drug-likeness (QED) is 0.476. The molecule has 1 aliphatic heterocycles. The summed E-state index contributed by atoms with van der Waals surface area (Å²) in [4.78, 5) is 11.6. The Kier molecular flexibility index (Phi) is 2.94. The monoisotopic (exact) mass is 316 g/mol. The first kappa shape index (κ1) is 12.4. The van der Waals surface area contributed by atoms with Crippen LogP contribution in [0.1, 0.15) is 12.0 Å². The molecule has 96 valence electrons. The summed E-state index contributed by atoms with van der Waals surface area (Å²) in [6, 6.07) is 14.3. The van der Waals surface area contributed by atoms with Crippen molar-refractivity contribution in [3.8, 4) is 0 Å². The van der Waals surface area contributed by atoms with Crippen molar-refractivity contribution in [2.45, 2.75) is 12.0 Å². The van der Waals surface area contributed by atoms with Gasteiger partial charge < -0.3 is 4.74 Å². The second-order valence-electron chi connectivity index (χ2n) is 4.86. The van der Waals surface area contributed by atoms with E-state index in [0.29, 0.717) is 17.3 Å². The van der Waals surface area contributed by atoms with Gasteiger partial charge in [-0.05, 0) is 22.4 Å². The minimum absolute atomic E-state index is 0.299. The Morgan fingerprint density at radius 3 is 2.58 bits per heavy atom. The van der Waals surface area contributed by atoms with Crippen LogP contribution in [0.2, 0.25) is 0 Å². The van der Waals surface area contributed by atoms with Gasteiger partial charge in [0.2, 0.25) is 0 Å². The molecule has 0 radical (unpaired) electrons. The topological polar surface area (TPSA) is 26.3 Å². The lowest BCUT2D eigenvalue weighted by atomic mass is 9.90. The predicted octanol–water partition coefficient (Wildman–Crippen LogP) is 3.93. The van der Waals surface area contributed by atoms with Crippen LogP contribution in [0.25, 0.3) is 10.8 Å². The highest BCUT2D eigenvalue weighted by atomic mass is 79.9. The van der Waals surface area contributed by atoms with Crippen molar-refractivity contribution in [3.05, 3.63) is 60.2 Å². The molecule has 0 aromatic heterocycles. The molecule has 0 spiro atoms. The zero-order valence-electron chi connectivity index (χ0n) is 10.4. The van der Waals surface area contributed by atoms with Crippen molar-refractivity contribution in [1.82, 2.24) is 0 Å². The van der Waals surface area contributed by atoms with Crippen molar-refractivity contribution in [1.29, 1.82) is 0 Å². The van der Waals surface area contributed by atoms with Gasteiger partial charge in [-0.25, -0.2) is 4.79 Å². The summed E-state index contributed by atoms with van der Waals surface area (Å²) >= 11 is 3.47. The fourth-order valence-corrected chi connectivity index (χ4v) is 3.12. The molecule has 0 amide bonds. The van der Waals surface area contributed by atoms with E-state index >= 15 is 0 Å². The summed E-state index contributed by atoms with van der Waals surface area (Å²) in [5.41, 5.74) is 0.931. The highest BCUT2D eigenvalue weighted by Crippen LogP contribution is 2.41. The molecule has 0 aliphatic carbocycles. The summed E-state index contributed by atoms with van der Waals surface area (Å²) in [6.45, 7) is 3.77. The molecular formula is C16H13BrO2. The van der Waals surface area contributed by atoms with Crippen molar-refractivity contribution >= 4 is 32.7 Å². The number of carbonyl (C=O) groups excluding carboxylic acids is 1. The van der Waals surface area contributed by atoms with E-state index in [1.165, 1.54) is 5.39 Å². The summed E-state index contributed by atoms with van der Waals surface area (Å²) in [6.07, 6.45) is 0.537. The van der Waals surface area contributed by atoms with Gasteiger partial charge >= 0.3 is 5.97 Å². The SMILES string of the molecule is C=C1CC(CBr)(c2ccc3ccccc3c2)OC1=O. The number of alkyl halides is 1. The summed E-state index contributed by atoms with van der Waals surface area (Å²) < 4.78 is 5.56. The van der Waals surface area contributed by atoms with E-state index in [4.69, 9.17) is 4.74 Å². The largest absolute Gasteiger partial charge is 0.450 e. The van der Waals surface area contributed by atoms with Gasteiger partial charge in [-0.15, -0.1) is 0 Å². The average Bonchev–Trinajstić information content (AvgIpc) is 2.75. The van der Waals surface area contributed by atoms with E-state index in [-0.39, 0.29) is 5.97 Å². The zero-order chi connectivity index (χ0) is 13.5. The van der Waals surface area contributed by atoms with Crippen LogP contribution in [0.5, 0.6) is 0 Å².